The molecule has 0 saturated heterocycles. The molecular formula is C14H11BrClN3O2. The highest BCUT2D eigenvalue weighted by Gasteiger charge is 2.21. The highest BCUT2D eigenvalue weighted by atomic mass is 79.9. The van der Waals surface area contributed by atoms with Crippen molar-refractivity contribution in [3.05, 3.63) is 40.2 Å². The molecule has 0 aliphatic heterocycles. The molecule has 0 bridgehead atoms. The largest absolute Gasteiger partial charge is 0.496 e. The van der Waals surface area contributed by atoms with Crippen molar-refractivity contribution < 1.29 is 9.15 Å². The van der Waals surface area contributed by atoms with Gasteiger partial charge >= 0.3 is 0 Å². The van der Waals surface area contributed by atoms with Crippen LogP contribution in [-0.2, 0) is 0 Å². The molecular weight excluding hydrogens is 358 g/mol. The molecule has 0 unspecified atom stereocenters. The zero-order chi connectivity index (χ0) is 15.0. The van der Waals surface area contributed by atoms with Gasteiger partial charge in [0.25, 0.3) is 0 Å². The Morgan fingerprint density at radius 2 is 2.14 bits per heavy atom. The normalized spacial score (nSPS) is 10.8. The van der Waals surface area contributed by atoms with Gasteiger partial charge in [0.15, 0.2) is 10.5 Å². The molecule has 3 rings (SSSR count). The molecule has 0 fully saturated rings. The topological polar surface area (TPSA) is 77.1 Å². The molecule has 2 aromatic heterocycles. The first kappa shape index (κ1) is 14.0. The first-order valence-corrected chi connectivity index (χ1v) is 7.20. The van der Waals surface area contributed by atoms with Crippen molar-refractivity contribution in [2.75, 3.05) is 12.8 Å². The van der Waals surface area contributed by atoms with Crippen molar-refractivity contribution in [1.29, 1.82) is 0 Å². The quantitative estimate of drug-likeness (QED) is 0.721. The molecule has 21 heavy (non-hydrogen) atoms. The summed E-state index contributed by atoms with van der Waals surface area (Å²) in [5, 5.41) is 7.60. The molecule has 7 heteroatoms. The van der Waals surface area contributed by atoms with Gasteiger partial charge in [0.05, 0.1) is 30.2 Å². The fourth-order valence-electron chi connectivity index (χ4n) is 2.17. The highest BCUT2D eigenvalue weighted by Crippen LogP contribution is 2.42. The van der Waals surface area contributed by atoms with Gasteiger partial charge in [-0.2, -0.15) is 5.10 Å². The minimum atomic E-state index is 0.360. The van der Waals surface area contributed by atoms with Crippen molar-refractivity contribution in [2.45, 2.75) is 0 Å². The maximum absolute atomic E-state index is 6.10. The van der Waals surface area contributed by atoms with Gasteiger partial charge in [-0.05, 0) is 40.2 Å². The lowest BCUT2D eigenvalue weighted by molar-refractivity contribution is 0.416. The molecule has 5 nitrogen and oxygen atoms in total. The van der Waals surface area contributed by atoms with E-state index in [1.807, 2.05) is 6.07 Å². The van der Waals surface area contributed by atoms with Gasteiger partial charge < -0.3 is 14.9 Å². The lowest BCUT2D eigenvalue weighted by Gasteiger charge is -2.10. The first-order valence-electron chi connectivity index (χ1n) is 6.03. The number of ether oxygens (including phenoxy) is 1. The first-order chi connectivity index (χ1) is 10.1. The van der Waals surface area contributed by atoms with E-state index in [9.17, 15) is 0 Å². The van der Waals surface area contributed by atoms with E-state index < -0.39 is 0 Å². The summed E-state index contributed by atoms with van der Waals surface area (Å²) in [6.07, 6.45) is 1.58. The predicted molar refractivity (Wildman–Crippen MR) is 85.4 cm³/mol. The molecule has 0 spiro atoms. The monoisotopic (exact) mass is 367 g/mol. The van der Waals surface area contributed by atoms with Gasteiger partial charge in [0, 0.05) is 10.6 Å². The fraction of sp³-hybridized carbons (Fsp3) is 0.0714. The number of rotatable bonds is 3. The predicted octanol–water partition coefficient (Wildman–Crippen LogP) is 4.34. The summed E-state index contributed by atoms with van der Waals surface area (Å²) in [5.74, 6) is 1.02. The Balaban J connectivity index is 2.27. The number of furan rings is 1. The summed E-state index contributed by atoms with van der Waals surface area (Å²) >= 11 is 9.45. The van der Waals surface area contributed by atoms with Crippen LogP contribution in [0.5, 0.6) is 5.75 Å². The van der Waals surface area contributed by atoms with Gasteiger partial charge in [-0.3, -0.25) is 5.10 Å². The number of benzene rings is 1. The third kappa shape index (κ3) is 2.41. The van der Waals surface area contributed by atoms with E-state index in [4.69, 9.17) is 26.5 Å². The molecule has 1 aromatic carbocycles. The molecule has 0 aliphatic carbocycles. The van der Waals surface area contributed by atoms with Gasteiger partial charge in [0.2, 0.25) is 0 Å². The molecule has 2 heterocycles. The Hall–Kier alpha value is -1.92. The number of methoxy groups -OCH3 is 1. The summed E-state index contributed by atoms with van der Waals surface area (Å²) < 4.78 is 11.3. The fourth-order valence-corrected chi connectivity index (χ4v) is 2.78. The van der Waals surface area contributed by atoms with Crippen LogP contribution in [0.2, 0.25) is 5.02 Å². The van der Waals surface area contributed by atoms with Crippen LogP contribution in [0.3, 0.4) is 0 Å². The Bertz CT molecular complexity index is 797. The van der Waals surface area contributed by atoms with Crippen LogP contribution in [-0.4, -0.2) is 17.3 Å². The average Bonchev–Trinajstić information content (AvgIpc) is 3.04. The Kier molecular flexibility index (Phi) is 3.65. The van der Waals surface area contributed by atoms with Crippen molar-refractivity contribution in [3.8, 4) is 28.1 Å². The second-order valence-corrected chi connectivity index (χ2v) is 5.47. The zero-order valence-electron chi connectivity index (χ0n) is 11.0. The van der Waals surface area contributed by atoms with Crippen molar-refractivity contribution >= 4 is 33.3 Å². The molecule has 0 amide bonds. The standard InChI is InChI=1S/C14H11BrClN3O2/c1-20-10-3-2-7(16)6-9(10)11-12(18-19-14(11)17)8-4-5-21-13(8)15/h2-6H,1H3,(H3,17,18,19). The number of nitrogens with zero attached hydrogens (tertiary/aromatic N) is 1. The molecule has 108 valence electrons. The second kappa shape index (κ2) is 5.46. The molecule has 3 N–H and O–H groups in total. The third-order valence-electron chi connectivity index (χ3n) is 3.11. The zero-order valence-corrected chi connectivity index (χ0v) is 13.3. The number of nitrogen functional groups attached to an aromatic ring is 1. The number of aromatic nitrogens is 2. The van der Waals surface area contributed by atoms with E-state index >= 15 is 0 Å². The Morgan fingerprint density at radius 3 is 2.81 bits per heavy atom. The molecule has 0 saturated carbocycles. The molecule has 0 aliphatic rings. The van der Waals surface area contributed by atoms with Gasteiger partial charge in [-0.15, -0.1) is 0 Å². The van der Waals surface area contributed by atoms with Crippen LogP contribution in [0, 0.1) is 0 Å². The van der Waals surface area contributed by atoms with Crippen LogP contribution in [0.25, 0.3) is 22.4 Å². The second-order valence-electron chi connectivity index (χ2n) is 4.31. The van der Waals surface area contributed by atoms with Gasteiger partial charge in [-0.1, -0.05) is 11.6 Å². The number of hydrogen-bond donors (Lipinski definition) is 2. The minimum Gasteiger partial charge on any atom is -0.496 e. The Labute approximate surface area is 134 Å². The lowest BCUT2D eigenvalue weighted by atomic mass is 10.0. The van der Waals surface area contributed by atoms with Crippen LogP contribution in [0.4, 0.5) is 5.82 Å². The number of halogens is 2. The third-order valence-corrected chi connectivity index (χ3v) is 3.96. The molecule has 0 atom stereocenters. The van der Waals surface area contributed by atoms with Gasteiger partial charge in [0.1, 0.15) is 5.75 Å². The number of aromatic amines is 1. The number of nitrogens with two attached hydrogens (primary N) is 1. The van der Waals surface area contributed by atoms with E-state index in [0.717, 1.165) is 22.4 Å². The number of anilines is 1. The molecule has 0 radical (unpaired) electrons. The number of H-pyrrole nitrogens is 1. The summed E-state index contributed by atoms with van der Waals surface area (Å²) in [4.78, 5) is 0. The van der Waals surface area contributed by atoms with Crippen molar-refractivity contribution in [2.24, 2.45) is 0 Å². The lowest BCUT2D eigenvalue weighted by Crippen LogP contribution is -1.92. The smallest absolute Gasteiger partial charge is 0.178 e. The van der Waals surface area contributed by atoms with Crippen LogP contribution in [0.15, 0.2) is 39.6 Å². The SMILES string of the molecule is COc1ccc(Cl)cc1-c1c(N)n[nH]c1-c1ccoc1Br. The van der Waals surface area contributed by atoms with Crippen LogP contribution >= 0.6 is 27.5 Å². The van der Waals surface area contributed by atoms with E-state index in [1.54, 1.807) is 31.6 Å². The average molecular weight is 369 g/mol. The number of nitrogens with one attached hydrogen (secondary N) is 1. The van der Waals surface area contributed by atoms with Gasteiger partial charge in [-0.25, -0.2) is 0 Å². The van der Waals surface area contributed by atoms with E-state index in [-0.39, 0.29) is 0 Å². The minimum absolute atomic E-state index is 0.360. The summed E-state index contributed by atoms with van der Waals surface area (Å²) in [7, 11) is 1.59. The Morgan fingerprint density at radius 1 is 1.33 bits per heavy atom. The summed E-state index contributed by atoms with van der Waals surface area (Å²) in [5.41, 5.74) is 9.04. The van der Waals surface area contributed by atoms with Crippen molar-refractivity contribution in [3.63, 3.8) is 0 Å². The van der Waals surface area contributed by atoms with E-state index in [2.05, 4.69) is 26.1 Å². The summed E-state index contributed by atoms with van der Waals surface area (Å²) in [6.45, 7) is 0. The van der Waals surface area contributed by atoms with Crippen molar-refractivity contribution in [1.82, 2.24) is 10.2 Å². The summed E-state index contributed by atoms with van der Waals surface area (Å²) in [6, 6.07) is 7.16. The highest BCUT2D eigenvalue weighted by molar-refractivity contribution is 9.10. The van der Waals surface area contributed by atoms with Crippen LogP contribution < -0.4 is 10.5 Å². The van der Waals surface area contributed by atoms with Crippen LogP contribution in [0.1, 0.15) is 0 Å². The van der Waals surface area contributed by atoms with E-state index in [0.29, 0.717) is 21.3 Å². The maximum Gasteiger partial charge on any atom is 0.178 e. The number of hydrogen-bond acceptors (Lipinski definition) is 4. The van der Waals surface area contributed by atoms with E-state index in [1.165, 1.54) is 0 Å². The maximum atomic E-state index is 6.10. The molecule has 3 aromatic rings.